The number of aryl methyl sites for hydroxylation is 1. The number of carbonyl (C=O) groups is 1. The van der Waals surface area contributed by atoms with E-state index in [0.717, 1.165) is 28.8 Å². The number of carboxylic acids is 1. The number of rotatable bonds is 7. The second-order valence-corrected chi connectivity index (χ2v) is 6.45. The predicted octanol–water partition coefficient (Wildman–Crippen LogP) is 4.51. The van der Waals surface area contributed by atoms with Crippen molar-refractivity contribution in [3.63, 3.8) is 0 Å². The van der Waals surface area contributed by atoms with E-state index < -0.39 is 5.97 Å². The molecular formula is C23H22NO2-. The van der Waals surface area contributed by atoms with Gasteiger partial charge in [0.1, 0.15) is 0 Å². The third-order valence-electron chi connectivity index (χ3n) is 4.54. The summed E-state index contributed by atoms with van der Waals surface area (Å²) in [5.41, 5.74) is 5.46. The molecule has 2 aromatic carbocycles. The highest BCUT2D eigenvalue weighted by Gasteiger charge is 2.03. The summed E-state index contributed by atoms with van der Waals surface area (Å²) in [5, 5.41) is 10.8. The van der Waals surface area contributed by atoms with Crippen molar-refractivity contribution < 1.29 is 9.90 Å². The predicted molar refractivity (Wildman–Crippen MR) is 103 cm³/mol. The first kappa shape index (κ1) is 17.9. The standard InChI is InChI=1S/C23H23NO2/c1-2-3-4-5-17-6-8-18(9-7-17)21-14-15-22(24-16-21)19-10-12-20(13-11-19)23(25)26/h6-16H,2-5H2,1H3,(H,25,26)/p-1. The Balaban J connectivity index is 1.71. The van der Waals surface area contributed by atoms with Crippen LogP contribution in [0.25, 0.3) is 22.4 Å². The topological polar surface area (TPSA) is 53.0 Å². The zero-order chi connectivity index (χ0) is 18.4. The first-order chi connectivity index (χ1) is 12.7. The molecule has 1 aromatic heterocycles. The number of unbranched alkanes of at least 4 members (excludes halogenated alkanes) is 2. The fraction of sp³-hybridized carbons (Fsp3) is 0.217. The molecule has 132 valence electrons. The molecule has 0 aliphatic heterocycles. The van der Waals surface area contributed by atoms with Crippen LogP contribution in [0.15, 0.2) is 66.9 Å². The van der Waals surface area contributed by atoms with E-state index >= 15 is 0 Å². The summed E-state index contributed by atoms with van der Waals surface area (Å²) in [5.74, 6) is -1.17. The van der Waals surface area contributed by atoms with Crippen molar-refractivity contribution in [1.82, 2.24) is 4.98 Å². The van der Waals surface area contributed by atoms with Crippen LogP contribution in [0.3, 0.4) is 0 Å². The minimum atomic E-state index is -1.17. The molecule has 0 spiro atoms. The van der Waals surface area contributed by atoms with E-state index in [4.69, 9.17) is 0 Å². The fourth-order valence-electron chi connectivity index (χ4n) is 2.96. The van der Waals surface area contributed by atoms with Crippen molar-refractivity contribution in [3.8, 4) is 22.4 Å². The van der Waals surface area contributed by atoms with E-state index in [1.54, 1.807) is 12.1 Å². The van der Waals surface area contributed by atoms with Gasteiger partial charge in [-0.3, -0.25) is 4.98 Å². The Labute approximate surface area is 154 Å². The molecule has 26 heavy (non-hydrogen) atoms. The van der Waals surface area contributed by atoms with E-state index in [1.807, 2.05) is 18.3 Å². The van der Waals surface area contributed by atoms with E-state index in [0.29, 0.717) is 0 Å². The number of aromatic carboxylic acids is 1. The van der Waals surface area contributed by atoms with Crippen molar-refractivity contribution in [2.45, 2.75) is 32.6 Å². The molecule has 3 rings (SSSR count). The minimum absolute atomic E-state index is 0.171. The highest BCUT2D eigenvalue weighted by atomic mass is 16.4. The van der Waals surface area contributed by atoms with E-state index in [1.165, 1.54) is 37.0 Å². The number of nitrogens with zero attached hydrogens (tertiary/aromatic N) is 1. The van der Waals surface area contributed by atoms with Crippen LogP contribution < -0.4 is 5.11 Å². The van der Waals surface area contributed by atoms with Crippen molar-refractivity contribution in [2.75, 3.05) is 0 Å². The molecule has 0 amide bonds. The van der Waals surface area contributed by atoms with Crippen molar-refractivity contribution in [3.05, 3.63) is 78.0 Å². The number of aromatic nitrogens is 1. The third-order valence-corrected chi connectivity index (χ3v) is 4.54. The normalized spacial score (nSPS) is 10.7. The van der Waals surface area contributed by atoms with Gasteiger partial charge in [-0.15, -0.1) is 0 Å². The van der Waals surface area contributed by atoms with E-state index in [2.05, 4.69) is 36.2 Å². The summed E-state index contributed by atoms with van der Waals surface area (Å²) < 4.78 is 0. The Hall–Kier alpha value is -2.94. The zero-order valence-corrected chi connectivity index (χ0v) is 14.9. The summed E-state index contributed by atoms with van der Waals surface area (Å²) in [4.78, 5) is 15.3. The molecule has 1 heterocycles. The van der Waals surface area contributed by atoms with Crippen LogP contribution in [0.5, 0.6) is 0 Å². The van der Waals surface area contributed by atoms with E-state index in [-0.39, 0.29) is 5.56 Å². The van der Waals surface area contributed by atoms with Crippen LogP contribution in [0.2, 0.25) is 0 Å². The van der Waals surface area contributed by atoms with Crippen molar-refractivity contribution >= 4 is 5.97 Å². The summed E-state index contributed by atoms with van der Waals surface area (Å²) in [6.07, 6.45) is 6.74. The number of carboxylic acid groups (broad SMARTS) is 1. The summed E-state index contributed by atoms with van der Waals surface area (Å²) in [6.45, 7) is 2.22. The Bertz CT molecular complexity index is 850. The van der Waals surface area contributed by atoms with Crippen LogP contribution in [0, 0.1) is 0 Å². The Kier molecular flexibility index (Phi) is 5.80. The van der Waals surface area contributed by atoms with Crippen LogP contribution in [-0.2, 0) is 6.42 Å². The van der Waals surface area contributed by atoms with Gasteiger partial charge in [-0.2, -0.15) is 0 Å². The first-order valence-electron chi connectivity index (χ1n) is 9.04. The lowest BCUT2D eigenvalue weighted by atomic mass is 10.0. The molecule has 0 bridgehead atoms. The van der Waals surface area contributed by atoms with E-state index in [9.17, 15) is 9.90 Å². The maximum absolute atomic E-state index is 10.8. The average molecular weight is 344 g/mol. The average Bonchev–Trinajstić information content (AvgIpc) is 2.69. The molecule has 0 saturated carbocycles. The molecule has 3 aromatic rings. The van der Waals surface area contributed by atoms with Gasteiger partial charge in [0, 0.05) is 17.3 Å². The van der Waals surface area contributed by atoms with Crippen LogP contribution >= 0.6 is 0 Å². The minimum Gasteiger partial charge on any atom is -0.545 e. The van der Waals surface area contributed by atoms with Gasteiger partial charge in [-0.25, -0.2) is 0 Å². The maximum atomic E-state index is 10.8. The number of pyridine rings is 1. The Morgan fingerprint density at radius 3 is 2.08 bits per heavy atom. The van der Waals surface area contributed by atoms with Gasteiger partial charge in [-0.05, 0) is 35.6 Å². The monoisotopic (exact) mass is 344 g/mol. The van der Waals surface area contributed by atoms with Gasteiger partial charge in [0.05, 0.1) is 11.7 Å². The second-order valence-electron chi connectivity index (χ2n) is 6.45. The van der Waals surface area contributed by atoms with Gasteiger partial charge in [-0.1, -0.05) is 74.4 Å². The molecule has 3 nitrogen and oxygen atoms in total. The SMILES string of the molecule is CCCCCc1ccc(-c2ccc(-c3ccc(C(=O)[O-])cc3)nc2)cc1. The lowest BCUT2D eigenvalue weighted by molar-refractivity contribution is -0.255. The number of hydrogen-bond donors (Lipinski definition) is 0. The second kappa shape index (κ2) is 8.43. The molecular weight excluding hydrogens is 322 g/mol. The molecule has 3 heteroatoms. The summed E-state index contributed by atoms with van der Waals surface area (Å²) >= 11 is 0. The summed E-state index contributed by atoms with van der Waals surface area (Å²) in [6, 6.07) is 19.2. The first-order valence-corrected chi connectivity index (χ1v) is 9.04. The number of hydrogen-bond acceptors (Lipinski definition) is 3. The lowest BCUT2D eigenvalue weighted by Gasteiger charge is -2.07. The van der Waals surface area contributed by atoms with Crippen LogP contribution in [0.1, 0.15) is 42.1 Å². The zero-order valence-electron chi connectivity index (χ0n) is 14.9. The Morgan fingerprint density at radius 2 is 1.50 bits per heavy atom. The lowest BCUT2D eigenvalue weighted by Crippen LogP contribution is -2.21. The molecule has 0 N–H and O–H groups in total. The fourth-order valence-corrected chi connectivity index (χ4v) is 2.96. The molecule has 0 unspecified atom stereocenters. The quantitative estimate of drug-likeness (QED) is 0.593. The van der Waals surface area contributed by atoms with Crippen molar-refractivity contribution in [1.29, 1.82) is 0 Å². The smallest absolute Gasteiger partial charge is 0.0715 e. The highest BCUT2D eigenvalue weighted by Crippen LogP contribution is 2.23. The number of benzene rings is 2. The molecule has 0 radical (unpaired) electrons. The van der Waals surface area contributed by atoms with Gasteiger partial charge in [0.25, 0.3) is 0 Å². The largest absolute Gasteiger partial charge is 0.545 e. The van der Waals surface area contributed by atoms with Gasteiger partial charge in [0.2, 0.25) is 0 Å². The summed E-state index contributed by atoms with van der Waals surface area (Å²) in [7, 11) is 0. The number of carbonyl (C=O) groups excluding carboxylic acids is 1. The maximum Gasteiger partial charge on any atom is 0.0715 e. The third kappa shape index (κ3) is 4.37. The van der Waals surface area contributed by atoms with Crippen molar-refractivity contribution in [2.24, 2.45) is 0 Å². The molecule has 0 saturated heterocycles. The molecule has 0 aliphatic carbocycles. The Morgan fingerprint density at radius 1 is 0.846 bits per heavy atom. The van der Waals surface area contributed by atoms with Gasteiger partial charge >= 0.3 is 0 Å². The highest BCUT2D eigenvalue weighted by molar-refractivity contribution is 5.86. The molecule has 0 fully saturated rings. The van der Waals surface area contributed by atoms with Crippen LogP contribution in [0.4, 0.5) is 0 Å². The molecule has 0 aliphatic rings. The van der Waals surface area contributed by atoms with Crippen LogP contribution in [-0.4, -0.2) is 11.0 Å². The van der Waals surface area contributed by atoms with Gasteiger partial charge in [0.15, 0.2) is 0 Å². The van der Waals surface area contributed by atoms with Gasteiger partial charge < -0.3 is 9.90 Å². The molecule has 0 atom stereocenters.